The van der Waals surface area contributed by atoms with Crippen LogP contribution in [0.2, 0.25) is 0 Å². The summed E-state index contributed by atoms with van der Waals surface area (Å²) in [7, 11) is 1.66. The maximum atomic E-state index is 12.9. The fraction of sp³-hybridized carbons (Fsp3) is 0.348. The number of rotatable bonds is 5. The molecule has 1 saturated heterocycles. The van der Waals surface area contributed by atoms with E-state index in [1.54, 1.807) is 12.0 Å². The van der Waals surface area contributed by atoms with E-state index >= 15 is 0 Å². The number of anilines is 3. The van der Waals surface area contributed by atoms with E-state index in [0.717, 1.165) is 55.1 Å². The minimum atomic E-state index is -0.104. The van der Waals surface area contributed by atoms with Crippen LogP contribution in [0.4, 0.5) is 17.1 Å². The quantitative estimate of drug-likeness (QED) is 0.790. The van der Waals surface area contributed by atoms with E-state index in [1.165, 1.54) is 0 Å². The van der Waals surface area contributed by atoms with Crippen LogP contribution >= 0.6 is 0 Å². The van der Waals surface area contributed by atoms with Gasteiger partial charge in [-0.25, -0.2) is 0 Å². The van der Waals surface area contributed by atoms with Crippen molar-refractivity contribution in [1.29, 1.82) is 0 Å². The molecule has 2 aliphatic heterocycles. The Hall–Kier alpha value is -2.79. The van der Waals surface area contributed by atoms with E-state index in [-0.39, 0.29) is 5.91 Å². The molecule has 2 heterocycles. The molecule has 2 aromatic carbocycles. The predicted molar refractivity (Wildman–Crippen MR) is 114 cm³/mol. The van der Waals surface area contributed by atoms with Crippen LogP contribution in [0, 0.1) is 0 Å². The molecule has 0 spiro atoms. The summed E-state index contributed by atoms with van der Waals surface area (Å²) < 4.78 is 5.76. The Morgan fingerprint density at radius 2 is 1.86 bits per heavy atom. The van der Waals surface area contributed by atoms with Gasteiger partial charge < -0.3 is 15.0 Å². The third kappa shape index (κ3) is 3.16. The van der Waals surface area contributed by atoms with E-state index in [0.29, 0.717) is 17.4 Å². The lowest BCUT2D eigenvalue weighted by molar-refractivity contribution is -0.112. The molecule has 0 saturated carbocycles. The number of hydrogen-bond donors (Lipinski definition) is 1. The molecule has 2 aromatic rings. The Morgan fingerprint density at radius 3 is 2.50 bits per heavy atom. The first-order chi connectivity index (χ1) is 13.6. The first-order valence-corrected chi connectivity index (χ1v) is 9.92. The van der Waals surface area contributed by atoms with Crippen LogP contribution in [0.25, 0.3) is 5.57 Å². The molecule has 2 aliphatic rings. The van der Waals surface area contributed by atoms with Crippen molar-refractivity contribution in [2.24, 2.45) is 0 Å². The van der Waals surface area contributed by atoms with Crippen LogP contribution in [0.15, 0.2) is 49.0 Å². The van der Waals surface area contributed by atoms with Gasteiger partial charge in [0.1, 0.15) is 0 Å². The van der Waals surface area contributed by atoms with Gasteiger partial charge in [0.15, 0.2) is 5.75 Å². The number of likely N-dealkylation sites (tertiary alicyclic amines) is 1. The number of para-hydroxylation sites is 1. The standard InChI is InChI=1S/C23H27N3O2/c1-4-25-14-12-17(13-15-25)24-19-10-11-20-21(22(19)28-3)16(2)23(27)26(20)18-8-6-5-7-9-18/h5-11,17,24H,2,4,12-15H2,1,3H3. The zero-order chi connectivity index (χ0) is 19.7. The third-order valence-corrected chi connectivity index (χ3v) is 5.75. The maximum absolute atomic E-state index is 12.9. The number of methoxy groups -OCH3 is 1. The van der Waals surface area contributed by atoms with Gasteiger partial charge in [0, 0.05) is 30.4 Å². The molecule has 1 N–H and O–H groups in total. The summed E-state index contributed by atoms with van der Waals surface area (Å²) in [6.45, 7) is 9.59. The molecule has 0 aliphatic carbocycles. The Kier molecular flexibility index (Phi) is 5.09. The minimum absolute atomic E-state index is 0.104. The summed E-state index contributed by atoms with van der Waals surface area (Å²) in [5.74, 6) is 0.597. The molecular formula is C23H27N3O2. The fourth-order valence-corrected chi connectivity index (χ4v) is 4.17. The molecule has 0 bridgehead atoms. The average molecular weight is 377 g/mol. The number of carbonyl (C=O) groups excluding carboxylic acids is 1. The van der Waals surface area contributed by atoms with Gasteiger partial charge >= 0.3 is 0 Å². The highest BCUT2D eigenvalue weighted by atomic mass is 16.5. The summed E-state index contributed by atoms with van der Waals surface area (Å²) >= 11 is 0. The van der Waals surface area contributed by atoms with Crippen molar-refractivity contribution in [1.82, 2.24) is 4.90 Å². The molecule has 146 valence electrons. The molecule has 28 heavy (non-hydrogen) atoms. The molecule has 0 atom stereocenters. The number of fused-ring (bicyclic) bond motifs is 1. The lowest BCUT2D eigenvalue weighted by Crippen LogP contribution is -2.38. The highest BCUT2D eigenvalue weighted by Crippen LogP contribution is 2.48. The molecule has 5 heteroatoms. The van der Waals surface area contributed by atoms with E-state index in [2.05, 4.69) is 23.7 Å². The van der Waals surface area contributed by atoms with Crippen molar-refractivity contribution in [2.45, 2.75) is 25.8 Å². The highest BCUT2D eigenvalue weighted by Gasteiger charge is 2.36. The van der Waals surface area contributed by atoms with Gasteiger partial charge in [-0.05, 0) is 43.7 Å². The molecule has 5 nitrogen and oxygen atoms in total. The first kappa shape index (κ1) is 18.6. The zero-order valence-electron chi connectivity index (χ0n) is 16.6. The molecule has 0 radical (unpaired) electrons. The van der Waals surface area contributed by atoms with Gasteiger partial charge in [-0.3, -0.25) is 9.69 Å². The van der Waals surface area contributed by atoms with Crippen molar-refractivity contribution in [3.05, 3.63) is 54.6 Å². The van der Waals surface area contributed by atoms with Crippen molar-refractivity contribution in [3.8, 4) is 5.75 Å². The van der Waals surface area contributed by atoms with E-state index in [9.17, 15) is 4.79 Å². The Bertz CT molecular complexity index is 886. The second kappa shape index (κ2) is 7.68. The topological polar surface area (TPSA) is 44.8 Å². The van der Waals surface area contributed by atoms with Crippen molar-refractivity contribution in [2.75, 3.05) is 37.0 Å². The molecule has 1 fully saturated rings. The summed E-state index contributed by atoms with van der Waals surface area (Å²) in [6, 6.07) is 14.1. The summed E-state index contributed by atoms with van der Waals surface area (Å²) in [4.78, 5) is 17.1. The number of carbonyl (C=O) groups is 1. The smallest absolute Gasteiger partial charge is 0.263 e. The Balaban J connectivity index is 1.66. The van der Waals surface area contributed by atoms with Gasteiger partial charge in [0.2, 0.25) is 0 Å². The number of amides is 1. The minimum Gasteiger partial charge on any atom is -0.494 e. The van der Waals surface area contributed by atoms with Gasteiger partial charge in [-0.15, -0.1) is 0 Å². The van der Waals surface area contributed by atoms with Gasteiger partial charge in [-0.2, -0.15) is 0 Å². The largest absolute Gasteiger partial charge is 0.494 e. The number of benzene rings is 2. The normalized spacial score (nSPS) is 17.7. The average Bonchev–Trinajstić information content (AvgIpc) is 3.00. The molecule has 4 rings (SSSR count). The van der Waals surface area contributed by atoms with Gasteiger partial charge in [0.25, 0.3) is 5.91 Å². The van der Waals surface area contributed by atoms with Crippen molar-refractivity contribution < 1.29 is 9.53 Å². The molecule has 1 amide bonds. The highest BCUT2D eigenvalue weighted by molar-refractivity contribution is 6.35. The van der Waals surface area contributed by atoms with E-state index < -0.39 is 0 Å². The number of nitrogens with zero attached hydrogens (tertiary/aromatic N) is 2. The lowest BCUT2D eigenvalue weighted by atomic mass is 10.0. The van der Waals surface area contributed by atoms with Crippen LogP contribution in [0.1, 0.15) is 25.3 Å². The maximum Gasteiger partial charge on any atom is 0.263 e. The number of hydrogen-bond acceptors (Lipinski definition) is 4. The zero-order valence-corrected chi connectivity index (χ0v) is 16.6. The van der Waals surface area contributed by atoms with E-state index in [4.69, 9.17) is 4.74 Å². The lowest BCUT2D eigenvalue weighted by Gasteiger charge is -2.32. The monoisotopic (exact) mass is 377 g/mol. The third-order valence-electron chi connectivity index (χ3n) is 5.75. The molecule has 0 unspecified atom stereocenters. The Morgan fingerprint density at radius 1 is 1.14 bits per heavy atom. The van der Waals surface area contributed by atoms with Gasteiger partial charge in [-0.1, -0.05) is 31.7 Å². The summed E-state index contributed by atoms with van der Waals surface area (Å²) in [6.07, 6.45) is 2.20. The SMILES string of the molecule is C=C1C(=O)N(c2ccccc2)c2ccc(NC3CCN(CC)CC3)c(OC)c21. The molecule has 0 aromatic heterocycles. The van der Waals surface area contributed by atoms with Crippen LogP contribution in [-0.2, 0) is 4.79 Å². The van der Waals surface area contributed by atoms with Gasteiger partial charge in [0.05, 0.1) is 24.0 Å². The number of ether oxygens (including phenoxy) is 1. The molecular weight excluding hydrogens is 350 g/mol. The van der Waals surface area contributed by atoms with Crippen molar-refractivity contribution in [3.63, 3.8) is 0 Å². The summed E-state index contributed by atoms with van der Waals surface area (Å²) in [5, 5.41) is 3.64. The van der Waals surface area contributed by atoms with Crippen LogP contribution in [-0.4, -0.2) is 43.6 Å². The first-order valence-electron chi connectivity index (χ1n) is 9.92. The second-order valence-electron chi connectivity index (χ2n) is 7.35. The fourth-order valence-electron chi connectivity index (χ4n) is 4.17. The van der Waals surface area contributed by atoms with E-state index in [1.807, 2.05) is 42.5 Å². The second-order valence-corrected chi connectivity index (χ2v) is 7.35. The number of piperidine rings is 1. The van der Waals surface area contributed by atoms with Crippen LogP contribution < -0.4 is 15.0 Å². The Labute approximate surface area is 166 Å². The predicted octanol–water partition coefficient (Wildman–Crippen LogP) is 4.28. The van der Waals surface area contributed by atoms with Crippen molar-refractivity contribution >= 4 is 28.5 Å². The van der Waals surface area contributed by atoms with Crippen LogP contribution in [0.5, 0.6) is 5.75 Å². The number of nitrogens with one attached hydrogen (secondary N) is 1. The summed E-state index contributed by atoms with van der Waals surface area (Å²) in [5.41, 5.74) is 3.85. The van der Waals surface area contributed by atoms with Crippen LogP contribution in [0.3, 0.4) is 0 Å².